The van der Waals surface area contributed by atoms with E-state index < -0.39 is 11.7 Å². The van der Waals surface area contributed by atoms with Crippen molar-refractivity contribution in [3.8, 4) is 11.5 Å². The van der Waals surface area contributed by atoms with E-state index in [0.29, 0.717) is 0 Å². The number of hydrogen-bond acceptors (Lipinski definition) is 3. The SMILES string of the molecule is Nc1ccc(COc2cccc(O)c2)c(C(F)(F)F)c1. The van der Waals surface area contributed by atoms with Gasteiger partial charge >= 0.3 is 6.18 Å². The maximum Gasteiger partial charge on any atom is 0.416 e. The molecule has 0 aliphatic carbocycles. The minimum absolute atomic E-state index is 0.0177. The number of nitrogens with two attached hydrogens (primary N) is 1. The number of rotatable bonds is 3. The number of aromatic hydroxyl groups is 1. The smallest absolute Gasteiger partial charge is 0.416 e. The van der Waals surface area contributed by atoms with Crippen molar-refractivity contribution < 1.29 is 23.0 Å². The third kappa shape index (κ3) is 3.34. The monoisotopic (exact) mass is 283 g/mol. The van der Waals surface area contributed by atoms with Gasteiger partial charge in [0.25, 0.3) is 0 Å². The third-order valence-corrected chi connectivity index (χ3v) is 2.65. The van der Waals surface area contributed by atoms with Gasteiger partial charge in [0.05, 0.1) is 5.56 Å². The average molecular weight is 283 g/mol. The Morgan fingerprint density at radius 2 is 1.85 bits per heavy atom. The van der Waals surface area contributed by atoms with Crippen LogP contribution in [-0.4, -0.2) is 5.11 Å². The number of alkyl halides is 3. The van der Waals surface area contributed by atoms with E-state index in [1.165, 1.54) is 30.3 Å². The molecule has 0 spiro atoms. The fourth-order valence-corrected chi connectivity index (χ4v) is 1.72. The maximum absolute atomic E-state index is 12.9. The van der Waals surface area contributed by atoms with Gasteiger partial charge in [-0.05, 0) is 24.3 Å². The van der Waals surface area contributed by atoms with Crippen LogP contribution in [0.2, 0.25) is 0 Å². The van der Waals surface area contributed by atoms with Crippen LogP contribution in [-0.2, 0) is 12.8 Å². The van der Waals surface area contributed by atoms with E-state index in [9.17, 15) is 18.3 Å². The molecule has 0 bridgehead atoms. The van der Waals surface area contributed by atoms with Gasteiger partial charge in [-0.2, -0.15) is 13.2 Å². The Balaban J connectivity index is 2.21. The Morgan fingerprint density at radius 1 is 1.10 bits per heavy atom. The van der Waals surface area contributed by atoms with Crippen molar-refractivity contribution in [3.63, 3.8) is 0 Å². The summed E-state index contributed by atoms with van der Waals surface area (Å²) in [5.41, 5.74) is 4.58. The van der Waals surface area contributed by atoms with Gasteiger partial charge in [-0.15, -0.1) is 0 Å². The van der Waals surface area contributed by atoms with Crippen molar-refractivity contribution in [2.75, 3.05) is 5.73 Å². The molecule has 0 atom stereocenters. The second kappa shape index (κ2) is 5.32. The first kappa shape index (κ1) is 14.0. The Morgan fingerprint density at radius 3 is 2.50 bits per heavy atom. The lowest BCUT2D eigenvalue weighted by Crippen LogP contribution is -2.11. The maximum atomic E-state index is 12.9. The first-order chi connectivity index (χ1) is 9.36. The molecule has 2 aromatic rings. The van der Waals surface area contributed by atoms with E-state index in [-0.39, 0.29) is 29.4 Å². The fraction of sp³-hybridized carbons (Fsp3) is 0.143. The van der Waals surface area contributed by atoms with Crippen LogP contribution in [0.25, 0.3) is 0 Å². The van der Waals surface area contributed by atoms with Crippen LogP contribution < -0.4 is 10.5 Å². The van der Waals surface area contributed by atoms with E-state index in [4.69, 9.17) is 10.5 Å². The lowest BCUT2D eigenvalue weighted by Gasteiger charge is -2.14. The van der Waals surface area contributed by atoms with E-state index in [1.54, 1.807) is 6.07 Å². The highest BCUT2D eigenvalue weighted by Crippen LogP contribution is 2.34. The van der Waals surface area contributed by atoms with Gasteiger partial charge in [0.1, 0.15) is 18.1 Å². The lowest BCUT2D eigenvalue weighted by molar-refractivity contribution is -0.138. The molecule has 106 valence electrons. The zero-order valence-electron chi connectivity index (χ0n) is 10.3. The molecule has 3 N–H and O–H groups in total. The van der Waals surface area contributed by atoms with Crippen molar-refractivity contribution in [1.82, 2.24) is 0 Å². The number of benzene rings is 2. The largest absolute Gasteiger partial charge is 0.508 e. The van der Waals surface area contributed by atoms with Crippen molar-refractivity contribution in [1.29, 1.82) is 0 Å². The molecule has 0 aliphatic heterocycles. The first-order valence-corrected chi connectivity index (χ1v) is 5.73. The second-order valence-electron chi connectivity index (χ2n) is 4.20. The summed E-state index contributed by atoms with van der Waals surface area (Å²) in [7, 11) is 0. The van der Waals surface area contributed by atoms with Crippen molar-refractivity contribution in [3.05, 3.63) is 53.6 Å². The molecule has 0 saturated heterocycles. The highest BCUT2D eigenvalue weighted by atomic mass is 19.4. The van der Waals surface area contributed by atoms with Crippen LogP contribution in [0.4, 0.5) is 18.9 Å². The summed E-state index contributed by atoms with van der Waals surface area (Å²) in [5.74, 6) is 0.269. The van der Waals surface area contributed by atoms with E-state index in [0.717, 1.165) is 6.07 Å². The normalized spacial score (nSPS) is 11.3. The number of phenolic OH excluding ortho intramolecular Hbond substituents is 1. The second-order valence-corrected chi connectivity index (χ2v) is 4.20. The predicted octanol–water partition coefficient (Wildman–Crippen LogP) is 3.57. The molecule has 0 aromatic heterocycles. The quantitative estimate of drug-likeness (QED) is 0.847. The highest BCUT2D eigenvalue weighted by Gasteiger charge is 2.33. The van der Waals surface area contributed by atoms with Crippen LogP contribution in [0.1, 0.15) is 11.1 Å². The Hall–Kier alpha value is -2.37. The number of phenols is 1. The van der Waals surface area contributed by atoms with Crippen LogP contribution in [0, 0.1) is 0 Å². The summed E-state index contributed by atoms with van der Waals surface area (Å²) in [6.45, 7) is -0.265. The molecule has 0 heterocycles. The molecule has 0 aliphatic rings. The molecule has 0 saturated carbocycles. The summed E-state index contributed by atoms with van der Waals surface area (Å²) in [5, 5.41) is 9.25. The number of halogens is 3. The zero-order chi connectivity index (χ0) is 14.8. The molecule has 3 nitrogen and oxygen atoms in total. The first-order valence-electron chi connectivity index (χ1n) is 5.73. The Labute approximate surface area is 113 Å². The van der Waals surface area contributed by atoms with Gasteiger partial charge in [-0.3, -0.25) is 0 Å². The predicted molar refractivity (Wildman–Crippen MR) is 68.3 cm³/mol. The molecular weight excluding hydrogens is 271 g/mol. The zero-order valence-corrected chi connectivity index (χ0v) is 10.3. The summed E-state index contributed by atoms with van der Waals surface area (Å²) < 4.78 is 43.8. The van der Waals surface area contributed by atoms with E-state index in [1.807, 2.05) is 0 Å². The minimum Gasteiger partial charge on any atom is -0.508 e. The summed E-state index contributed by atoms with van der Waals surface area (Å²) in [6.07, 6.45) is -4.49. The number of anilines is 1. The Kier molecular flexibility index (Phi) is 3.74. The standard InChI is InChI=1S/C14H12F3NO2/c15-14(16,17)13-6-10(18)5-4-9(13)8-20-12-3-1-2-11(19)7-12/h1-7,19H,8,18H2. The van der Waals surface area contributed by atoms with Crippen LogP contribution in [0.15, 0.2) is 42.5 Å². The molecule has 0 amide bonds. The average Bonchev–Trinajstić information content (AvgIpc) is 2.36. The molecular formula is C14H12F3NO2. The van der Waals surface area contributed by atoms with Crippen molar-refractivity contribution in [2.24, 2.45) is 0 Å². The van der Waals surface area contributed by atoms with E-state index in [2.05, 4.69) is 0 Å². The summed E-state index contributed by atoms with van der Waals surface area (Å²) in [4.78, 5) is 0. The number of hydrogen-bond donors (Lipinski definition) is 2. The van der Waals surface area contributed by atoms with Crippen LogP contribution >= 0.6 is 0 Å². The molecule has 0 unspecified atom stereocenters. The van der Waals surface area contributed by atoms with Crippen molar-refractivity contribution >= 4 is 5.69 Å². The summed E-state index contributed by atoms with van der Waals surface area (Å²) >= 11 is 0. The molecule has 0 fully saturated rings. The van der Waals surface area contributed by atoms with E-state index >= 15 is 0 Å². The Bertz CT molecular complexity index is 612. The van der Waals surface area contributed by atoms with Gasteiger partial charge < -0.3 is 15.6 Å². The number of nitrogen functional groups attached to an aromatic ring is 1. The summed E-state index contributed by atoms with van der Waals surface area (Å²) in [6, 6.07) is 9.39. The topological polar surface area (TPSA) is 55.5 Å². The van der Waals surface area contributed by atoms with Gasteiger partial charge in [0.2, 0.25) is 0 Å². The molecule has 2 aromatic carbocycles. The minimum atomic E-state index is -4.49. The molecule has 0 radical (unpaired) electrons. The van der Waals surface area contributed by atoms with Gasteiger partial charge in [0, 0.05) is 17.3 Å². The van der Waals surface area contributed by atoms with Crippen molar-refractivity contribution in [2.45, 2.75) is 12.8 Å². The van der Waals surface area contributed by atoms with Crippen LogP contribution in [0.3, 0.4) is 0 Å². The van der Waals surface area contributed by atoms with Crippen LogP contribution in [0.5, 0.6) is 11.5 Å². The van der Waals surface area contributed by atoms with Gasteiger partial charge in [-0.25, -0.2) is 0 Å². The fourth-order valence-electron chi connectivity index (χ4n) is 1.72. The molecule has 20 heavy (non-hydrogen) atoms. The van der Waals surface area contributed by atoms with Gasteiger partial charge in [-0.1, -0.05) is 12.1 Å². The highest BCUT2D eigenvalue weighted by molar-refractivity contribution is 5.46. The third-order valence-electron chi connectivity index (χ3n) is 2.65. The number of ether oxygens (including phenoxy) is 1. The lowest BCUT2D eigenvalue weighted by atomic mass is 10.1. The van der Waals surface area contributed by atoms with Gasteiger partial charge in [0.15, 0.2) is 0 Å². The molecule has 6 heteroatoms. The molecule has 2 rings (SSSR count).